The van der Waals surface area contributed by atoms with Gasteiger partial charge in [0.05, 0.1) is 23.6 Å². The van der Waals surface area contributed by atoms with Crippen LogP contribution in [-0.2, 0) is 11.3 Å². The fourth-order valence-electron chi connectivity index (χ4n) is 2.93. The second kappa shape index (κ2) is 7.23. The summed E-state index contributed by atoms with van der Waals surface area (Å²) in [5, 5.41) is 14.9. The molecule has 0 fully saturated rings. The summed E-state index contributed by atoms with van der Waals surface area (Å²) >= 11 is 6.79. The summed E-state index contributed by atoms with van der Waals surface area (Å²) in [5.74, 6) is 0. The first kappa shape index (κ1) is 16.7. The molecule has 0 amide bonds. The fourth-order valence-corrected chi connectivity index (χ4v) is 3.25. The van der Waals surface area contributed by atoms with Crippen molar-refractivity contribution in [1.82, 2.24) is 20.0 Å². The average Bonchev–Trinajstić information content (AvgIpc) is 3.07. The van der Waals surface area contributed by atoms with Crippen LogP contribution in [0.25, 0.3) is 33.5 Å². The molecule has 0 aliphatic carbocycles. The molecule has 4 aromatic rings. The van der Waals surface area contributed by atoms with Gasteiger partial charge in [-0.1, -0.05) is 72.3 Å². The van der Waals surface area contributed by atoms with E-state index in [0.717, 1.165) is 22.2 Å². The molecule has 0 unspecified atom stereocenters. The smallest absolute Gasteiger partial charge is 0.182 e. The lowest BCUT2D eigenvalue weighted by Gasteiger charge is -2.05. The van der Waals surface area contributed by atoms with Gasteiger partial charge in [0.2, 0.25) is 0 Å². The zero-order chi connectivity index (χ0) is 17.9. The largest absolute Gasteiger partial charge is 0.383 e. The first-order chi connectivity index (χ1) is 12.8. The van der Waals surface area contributed by atoms with Gasteiger partial charge in [0, 0.05) is 18.2 Å². The number of fused-ring (bicyclic) bond motifs is 1. The number of hydrogen-bond acceptors (Lipinski definition) is 4. The summed E-state index contributed by atoms with van der Waals surface area (Å²) in [4.78, 5) is 0. The highest BCUT2D eigenvalue weighted by Gasteiger charge is 2.20. The molecule has 0 atom stereocenters. The van der Waals surface area contributed by atoms with Crippen molar-refractivity contribution in [1.29, 1.82) is 0 Å². The topological polar surface area (TPSA) is 52.8 Å². The maximum Gasteiger partial charge on any atom is 0.182 e. The minimum Gasteiger partial charge on any atom is -0.383 e. The average molecular weight is 365 g/mol. The Kier molecular flexibility index (Phi) is 4.65. The predicted molar refractivity (Wildman–Crippen MR) is 103 cm³/mol. The highest BCUT2D eigenvalue weighted by atomic mass is 35.5. The Morgan fingerprint density at radius 2 is 1.50 bits per heavy atom. The number of ether oxygens (including phenoxy) is 1. The molecule has 2 heterocycles. The molecule has 0 saturated heterocycles. The van der Waals surface area contributed by atoms with Crippen LogP contribution in [0.1, 0.15) is 0 Å². The van der Waals surface area contributed by atoms with E-state index in [1.165, 1.54) is 0 Å². The van der Waals surface area contributed by atoms with Crippen LogP contribution in [0.2, 0.25) is 5.02 Å². The second-order valence-electron chi connectivity index (χ2n) is 5.86. The Balaban J connectivity index is 1.97. The lowest BCUT2D eigenvalue weighted by Crippen LogP contribution is -2.07. The van der Waals surface area contributed by atoms with Crippen LogP contribution < -0.4 is 0 Å². The summed E-state index contributed by atoms with van der Waals surface area (Å²) in [5.41, 5.74) is 4.03. The lowest BCUT2D eigenvalue weighted by molar-refractivity contribution is 0.184. The molecule has 0 bridgehead atoms. The molecule has 0 aliphatic heterocycles. The van der Waals surface area contributed by atoms with E-state index in [0.29, 0.717) is 29.5 Å². The zero-order valence-electron chi connectivity index (χ0n) is 14.3. The van der Waals surface area contributed by atoms with Crippen LogP contribution in [-0.4, -0.2) is 33.7 Å². The molecule has 6 heteroatoms. The minimum absolute atomic E-state index is 0.532. The number of benzene rings is 2. The van der Waals surface area contributed by atoms with Crippen molar-refractivity contribution in [2.75, 3.05) is 13.7 Å². The summed E-state index contributed by atoms with van der Waals surface area (Å²) in [6, 6.07) is 19.8. The van der Waals surface area contributed by atoms with E-state index < -0.39 is 0 Å². The maximum absolute atomic E-state index is 6.79. The predicted octanol–water partition coefficient (Wildman–Crippen LogP) is 4.46. The van der Waals surface area contributed by atoms with Crippen molar-refractivity contribution >= 4 is 22.6 Å². The summed E-state index contributed by atoms with van der Waals surface area (Å²) in [7, 11) is 1.66. The molecule has 0 N–H and O–H groups in total. The van der Waals surface area contributed by atoms with E-state index in [-0.39, 0.29) is 0 Å². The van der Waals surface area contributed by atoms with Crippen molar-refractivity contribution in [2.24, 2.45) is 0 Å². The van der Waals surface area contributed by atoms with Gasteiger partial charge in [0.15, 0.2) is 5.65 Å². The fraction of sp³-hybridized carbons (Fsp3) is 0.150. The molecule has 5 nitrogen and oxygen atoms in total. The molecule has 26 heavy (non-hydrogen) atoms. The van der Waals surface area contributed by atoms with Gasteiger partial charge in [0.1, 0.15) is 11.4 Å². The van der Waals surface area contributed by atoms with Crippen LogP contribution in [0.5, 0.6) is 0 Å². The molecular formula is C20H17ClN4O. The second-order valence-corrected chi connectivity index (χ2v) is 6.24. The van der Waals surface area contributed by atoms with Crippen molar-refractivity contribution in [3.05, 3.63) is 65.7 Å². The van der Waals surface area contributed by atoms with Crippen LogP contribution in [0.4, 0.5) is 0 Å². The van der Waals surface area contributed by atoms with E-state index in [1.54, 1.807) is 11.8 Å². The Labute approximate surface area is 156 Å². The Hall–Kier alpha value is -2.76. The SMILES string of the molecule is COCCn1nc(-c2ccccc2)c2c(Cl)c(-c3ccccc3)nnc21. The van der Waals surface area contributed by atoms with Crippen molar-refractivity contribution < 1.29 is 4.74 Å². The summed E-state index contributed by atoms with van der Waals surface area (Å²) < 4.78 is 6.99. The standard InChI is InChI=1S/C20H17ClN4O/c1-26-13-12-25-20-16(18(24-25)14-8-4-2-5-9-14)17(21)19(22-23-20)15-10-6-3-7-11-15/h2-11H,12-13H2,1H3. The Bertz CT molecular complexity index is 1030. The van der Waals surface area contributed by atoms with Crippen molar-refractivity contribution in [3.8, 4) is 22.5 Å². The molecule has 130 valence electrons. The van der Waals surface area contributed by atoms with Crippen LogP contribution in [0, 0.1) is 0 Å². The van der Waals surface area contributed by atoms with E-state index >= 15 is 0 Å². The summed E-state index contributed by atoms with van der Waals surface area (Å²) in [6.07, 6.45) is 0. The molecule has 0 radical (unpaired) electrons. The van der Waals surface area contributed by atoms with Crippen molar-refractivity contribution in [2.45, 2.75) is 6.54 Å². The third-order valence-corrected chi connectivity index (χ3v) is 4.57. The van der Waals surface area contributed by atoms with E-state index in [1.807, 2.05) is 60.7 Å². The molecular weight excluding hydrogens is 348 g/mol. The third kappa shape index (κ3) is 2.96. The maximum atomic E-state index is 6.79. The minimum atomic E-state index is 0.532. The van der Waals surface area contributed by atoms with Gasteiger partial charge in [0.25, 0.3) is 0 Å². The molecule has 0 saturated carbocycles. The molecule has 4 rings (SSSR count). The van der Waals surface area contributed by atoms with E-state index in [4.69, 9.17) is 21.4 Å². The van der Waals surface area contributed by atoms with Gasteiger partial charge in [-0.05, 0) is 0 Å². The van der Waals surface area contributed by atoms with Gasteiger partial charge in [-0.25, -0.2) is 4.68 Å². The number of rotatable bonds is 5. The van der Waals surface area contributed by atoms with E-state index in [9.17, 15) is 0 Å². The number of hydrogen-bond donors (Lipinski definition) is 0. The quantitative estimate of drug-likeness (QED) is 0.524. The van der Waals surface area contributed by atoms with Gasteiger partial charge >= 0.3 is 0 Å². The Morgan fingerprint density at radius 3 is 2.12 bits per heavy atom. The number of aromatic nitrogens is 4. The van der Waals surface area contributed by atoms with Gasteiger partial charge in [-0.15, -0.1) is 10.2 Å². The lowest BCUT2D eigenvalue weighted by atomic mass is 10.1. The van der Waals surface area contributed by atoms with Crippen molar-refractivity contribution in [3.63, 3.8) is 0 Å². The normalized spacial score (nSPS) is 11.2. The highest BCUT2D eigenvalue weighted by Crippen LogP contribution is 2.37. The summed E-state index contributed by atoms with van der Waals surface area (Å²) in [6.45, 7) is 1.11. The monoisotopic (exact) mass is 364 g/mol. The molecule has 2 aromatic heterocycles. The molecule has 2 aromatic carbocycles. The first-order valence-corrected chi connectivity index (χ1v) is 8.70. The third-order valence-electron chi connectivity index (χ3n) is 4.20. The highest BCUT2D eigenvalue weighted by molar-refractivity contribution is 6.38. The van der Waals surface area contributed by atoms with Gasteiger partial charge in [-0.2, -0.15) is 5.10 Å². The zero-order valence-corrected chi connectivity index (χ0v) is 15.0. The Morgan fingerprint density at radius 1 is 0.885 bits per heavy atom. The number of halogens is 1. The van der Waals surface area contributed by atoms with Gasteiger partial charge in [-0.3, -0.25) is 0 Å². The number of methoxy groups -OCH3 is 1. The van der Waals surface area contributed by atoms with Crippen LogP contribution in [0.3, 0.4) is 0 Å². The van der Waals surface area contributed by atoms with Crippen LogP contribution in [0.15, 0.2) is 60.7 Å². The number of nitrogens with zero attached hydrogens (tertiary/aromatic N) is 4. The van der Waals surface area contributed by atoms with Crippen LogP contribution >= 0.6 is 11.6 Å². The van der Waals surface area contributed by atoms with Gasteiger partial charge < -0.3 is 4.74 Å². The van der Waals surface area contributed by atoms with E-state index in [2.05, 4.69) is 10.2 Å². The molecule has 0 aliphatic rings. The first-order valence-electron chi connectivity index (χ1n) is 8.32. The molecule has 0 spiro atoms.